The van der Waals surface area contributed by atoms with E-state index < -0.39 is 17.9 Å². The molecule has 3 amide bonds. The quantitative estimate of drug-likeness (QED) is 0.377. The minimum atomic E-state index is -0.625. The summed E-state index contributed by atoms with van der Waals surface area (Å²) in [6, 6.07) is 10.4. The van der Waals surface area contributed by atoms with Gasteiger partial charge in [-0.2, -0.15) is 0 Å². The number of fused-ring (bicyclic) bond motifs is 1. The Kier molecular flexibility index (Phi) is 5.16. The standard InChI is InChI=1S/C24H25N3O5/c1-14-17(16-8-6-7-9-19(16)27(14)24(2,3)4)12-18-21(28)26(23(30)25-18)13-15-10-11-20(32-15)22(29)31-5/h6-12H,13H2,1-5H3,(H,25,30). The second-order valence-corrected chi connectivity index (χ2v) is 8.66. The van der Waals surface area contributed by atoms with Crippen LogP contribution in [-0.2, 0) is 21.6 Å². The van der Waals surface area contributed by atoms with E-state index in [1.54, 1.807) is 6.08 Å². The number of furan rings is 1. The van der Waals surface area contributed by atoms with E-state index in [0.29, 0.717) is 5.76 Å². The van der Waals surface area contributed by atoms with Crippen LogP contribution in [0.15, 0.2) is 46.5 Å². The lowest BCUT2D eigenvalue weighted by atomic mass is 10.1. The lowest BCUT2D eigenvalue weighted by Gasteiger charge is -2.25. The number of nitrogens with zero attached hydrogens (tertiary/aromatic N) is 2. The van der Waals surface area contributed by atoms with Crippen LogP contribution in [0.4, 0.5) is 4.79 Å². The predicted molar refractivity (Wildman–Crippen MR) is 119 cm³/mol. The molecule has 166 valence electrons. The number of esters is 1. The number of methoxy groups -OCH3 is 1. The van der Waals surface area contributed by atoms with Crippen molar-refractivity contribution in [3.63, 3.8) is 0 Å². The Bertz CT molecular complexity index is 1270. The van der Waals surface area contributed by atoms with Crippen LogP contribution < -0.4 is 5.32 Å². The fourth-order valence-corrected chi connectivity index (χ4v) is 4.13. The van der Waals surface area contributed by atoms with E-state index in [-0.39, 0.29) is 23.5 Å². The fourth-order valence-electron chi connectivity index (χ4n) is 4.13. The normalized spacial score (nSPS) is 15.7. The summed E-state index contributed by atoms with van der Waals surface area (Å²) in [7, 11) is 1.25. The Morgan fingerprint density at radius 1 is 1.16 bits per heavy atom. The number of imide groups is 1. The highest BCUT2D eigenvalue weighted by atomic mass is 16.5. The first-order valence-electron chi connectivity index (χ1n) is 10.2. The molecule has 0 radical (unpaired) electrons. The van der Waals surface area contributed by atoms with Gasteiger partial charge in [0.05, 0.1) is 13.7 Å². The second kappa shape index (κ2) is 7.71. The number of aromatic nitrogens is 1. The Hall–Kier alpha value is -3.81. The molecular formula is C24H25N3O5. The largest absolute Gasteiger partial charge is 0.463 e. The average Bonchev–Trinajstić information content (AvgIpc) is 3.39. The van der Waals surface area contributed by atoms with E-state index in [1.165, 1.54) is 19.2 Å². The highest BCUT2D eigenvalue weighted by molar-refractivity contribution is 6.14. The van der Waals surface area contributed by atoms with Crippen LogP contribution in [0.1, 0.15) is 48.3 Å². The maximum atomic E-state index is 13.0. The fraction of sp³-hybridized carbons (Fsp3) is 0.292. The molecule has 0 unspecified atom stereocenters. The van der Waals surface area contributed by atoms with Crippen LogP contribution in [0.25, 0.3) is 17.0 Å². The van der Waals surface area contributed by atoms with E-state index in [4.69, 9.17) is 4.42 Å². The van der Waals surface area contributed by atoms with Crippen LogP contribution in [0, 0.1) is 6.92 Å². The highest BCUT2D eigenvalue weighted by Gasteiger charge is 2.35. The van der Waals surface area contributed by atoms with E-state index in [1.807, 2.05) is 31.2 Å². The first-order valence-corrected chi connectivity index (χ1v) is 10.2. The summed E-state index contributed by atoms with van der Waals surface area (Å²) in [5, 5.41) is 3.66. The monoisotopic (exact) mass is 435 g/mol. The van der Waals surface area contributed by atoms with Crippen molar-refractivity contribution in [2.24, 2.45) is 0 Å². The zero-order chi connectivity index (χ0) is 23.2. The van der Waals surface area contributed by atoms with E-state index in [2.05, 4.69) is 35.4 Å². The van der Waals surface area contributed by atoms with E-state index >= 15 is 0 Å². The van der Waals surface area contributed by atoms with Crippen LogP contribution in [0.5, 0.6) is 0 Å². The van der Waals surface area contributed by atoms with Gasteiger partial charge in [0.15, 0.2) is 0 Å². The summed E-state index contributed by atoms with van der Waals surface area (Å²) in [6.07, 6.45) is 1.72. The van der Waals surface area contributed by atoms with Gasteiger partial charge in [-0.05, 0) is 52.0 Å². The highest BCUT2D eigenvalue weighted by Crippen LogP contribution is 2.33. The van der Waals surface area contributed by atoms with Gasteiger partial charge in [-0.3, -0.25) is 9.69 Å². The summed E-state index contributed by atoms with van der Waals surface area (Å²) in [5.74, 6) is -0.774. The first kappa shape index (κ1) is 21.4. The summed E-state index contributed by atoms with van der Waals surface area (Å²) in [4.78, 5) is 38.1. The number of nitrogens with one attached hydrogen (secondary N) is 1. The number of amides is 3. The van der Waals surface area contributed by atoms with Crippen molar-refractivity contribution >= 4 is 34.9 Å². The van der Waals surface area contributed by atoms with Gasteiger partial charge in [-0.1, -0.05) is 18.2 Å². The van der Waals surface area contributed by atoms with Crippen LogP contribution in [-0.4, -0.2) is 34.5 Å². The molecule has 1 aromatic carbocycles. The molecule has 0 spiro atoms. The number of carbonyl (C=O) groups is 3. The Labute approximate surface area is 185 Å². The van der Waals surface area contributed by atoms with Gasteiger partial charge in [0.25, 0.3) is 5.91 Å². The number of benzene rings is 1. The van der Waals surface area contributed by atoms with Crippen molar-refractivity contribution in [3.8, 4) is 0 Å². The van der Waals surface area contributed by atoms with Gasteiger partial charge in [0.1, 0.15) is 11.5 Å². The molecule has 3 heterocycles. The van der Waals surface area contributed by atoms with Crippen molar-refractivity contribution in [1.82, 2.24) is 14.8 Å². The molecule has 1 N–H and O–H groups in total. The molecule has 3 aromatic rings. The van der Waals surface area contributed by atoms with Crippen LogP contribution >= 0.6 is 0 Å². The third-order valence-corrected chi connectivity index (χ3v) is 5.44. The minimum absolute atomic E-state index is 0.0101. The summed E-state index contributed by atoms with van der Waals surface area (Å²) in [6.45, 7) is 8.29. The van der Waals surface area contributed by atoms with Crippen molar-refractivity contribution in [2.75, 3.05) is 7.11 Å². The number of para-hydroxylation sites is 1. The Balaban J connectivity index is 1.68. The van der Waals surface area contributed by atoms with Crippen molar-refractivity contribution in [3.05, 3.63) is 64.9 Å². The number of hydrogen-bond donors (Lipinski definition) is 1. The lowest BCUT2D eigenvalue weighted by molar-refractivity contribution is -0.123. The SMILES string of the molecule is COC(=O)c1ccc(CN2C(=O)NC(=Cc3c(C)n(C(C)(C)C)c4ccccc34)C2=O)o1. The number of ether oxygens (including phenoxy) is 1. The van der Waals surface area contributed by atoms with Gasteiger partial charge < -0.3 is 19.0 Å². The third kappa shape index (κ3) is 3.57. The summed E-state index contributed by atoms with van der Waals surface area (Å²) < 4.78 is 12.2. The molecule has 32 heavy (non-hydrogen) atoms. The molecule has 0 aliphatic carbocycles. The Morgan fingerprint density at radius 2 is 1.88 bits per heavy atom. The molecule has 1 fully saturated rings. The molecule has 2 aromatic heterocycles. The number of hydrogen-bond acceptors (Lipinski definition) is 5. The maximum Gasteiger partial charge on any atom is 0.373 e. The molecule has 0 saturated carbocycles. The molecule has 4 rings (SSSR count). The molecule has 1 aliphatic rings. The third-order valence-electron chi connectivity index (χ3n) is 5.44. The van der Waals surface area contributed by atoms with Gasteiger partial charge in [0, 0.05) is 27.7 Å². The number of carbonyl (C=O) groups excluding carboxylic acids is 3. The van der Waals surface area contributed by atoms with Crippen LogP contribution in [0.2, 0.25) is 0 Å². The number of urea groups is 1. The predicted octanol–water partition coefficient (Wildman–Crippen LogP) is 4.18. The van der Waals surface area contributed by atoms with E-state index in [0.717, 1.165) is 27.1 Å². The summed E-state index contributed by atoms with van der Waals surface area (Å²) >= 11 is 0. The molecule has 1 saturated heterocycles. The molecule has 8 nitrogen and oxygen atoms in total. The van der Waals surface area contributed by atoms with Gasteiger partial charge in [-0.25, -0.2) is 9.59 Å². The topological polar surface area (TPSA) is 93.8 Å². The zero-order valence-electron chi connectivity index (χ0n) is 18.7. The molecule has 0 bridgehead atoms. The summed E-state index contributed by atoms with van der Waals surface area (Å²) in [5.41, 5.74) is 2.97. The molecule has 8 heteroatoms. The lowest BCUT2D eigenvalue weighted by Crippen LogP contribution is -2.30. The second-order valence-electron chi connectivity index (χ2n) is 8.66. The molecular weight excluding hydrogens is 410 g/mol. The maximum absolute atomic E-state index is 13.0. The molecule has 1 aliphatic heterocycles. The number of rotatable bonds is 4. The first-order chi connectivity index (χ1) is 15.1. The van der Waals surface area contributed by atoms with Gasteiger partial charge in [0.2, 0.25) is 5.76 Å². The van der Waals surface area contributed by atoms with E-state index in [9.17, 15) is 14.4 Å². The van der Waals surface area contributed by atoms with Crippen molar-refractivity contribution in [1.29, 1.82) is 0 Å². The Morgan fingerprint density at radius 3 is 2.56 bits per heavy atom. The van der Waals surface area contributed by atoms with Crippen LogP contribution in [0.3, 0.4) is 0 Å². The van der Waals surface area contributed by atoms with Gasteiger partial charge in [-0.15, -0.1) is 0 Å². The smallest absolute Gasteiger partial charge is 0.373 e. The zero-order valence-corrected chi connectivity index (χ0v) is 18.7. The minimum Gasteiger partial charge on any atom is -0.463 e. The average molecular weight is 435 g/mol. The van der Waals surface area contributed by atoms with Gasteiger partial charge >= 0.3 is 12.0 Å². The van der Waals surface area contributed by atoms with Crippen molar-refractivity contribution < 1.29 is 23.5 Å². The van der Waals surface area contributed by atoms with Crippen molar-refractivity contribution in [2.45, 2.75) is 39.8 Å². The molecule has 0 atom stereocenters.